The molecule has 2 aromatic carbocycles. The number of methoxy groups -OCH3 is 2. The average Bonchev–Trinajstić information content (AvgIpc) is 3.39. The molecule has 1 fully saturated rings. The van der Waals surface area contributed by atoms with Crippen LogP contribution >= 0.6 is 12.2 Å². The first-order valence-electron chi connectivity index (χ1n) is 11.5. The summed E-state index contributed by atoms with van der Waals surface area (Å²) in [6.07, 6.45) is 1.83. The minimum absolute atomic E-state index is 0.0796. The fraction of sp³-hybridized carbons (Fsp3) is 0.214. The molecule has 0 unspecified atom stereocenters. The van der Waals surface area contributed by atoms with Crippen molar-refractivity contribution in [2.24, 2.45) is 0 Å². The molecule has 5 rings (SSSR count). The van der Waals surface area contributed by atoms with Crippen molar-refractivity contribution in [2.75, 3.05) is 19.1 Å². The molecule has 0 amide bonds. The third-order valence-corrected chi connectivity index (χ3v) is 6.88. The van der Waals surface area contributed by atoms with Crippen LogP contribution < -0.4 is 19.7 Å². The fourth-order valence-corrected chi connectivity index (χ4v) is 5.25. The normalized spacial score (nSPS) is 17.4. The summed E-state index contributed by atoms with van der Waals surface area (Å²) in [7, 11) is 3.35. The number of aromatic nitrogens is 2. The monoisotopic (exact) mass is 484 g/mol. The van der Waals surface area contributed by atoms with E-state index < -0.39 is 0 Å². The number of thiocarbonyl (C=S) groups is 1. The highest BCUT2D eigenvalue weighted by molar-refractivity contribution is 7.80. The second-order valence-electron chi connectivity index (χ2n) is 8.55. The van der Waals surface area contributed by atoms with Crippen molar-refractivity contribution in [1.29, 1.82) is 0 Å². The van der Waals surface area contributed by atoms with Crippen LogP contribution in [0.25, 0.3) is 5.69 Å². The SMILES string of the molecule is COc1ccc(N2C(=S)N[C@H](c3ccccn3)[C@@H]2c2cc(C)n(-c3ccc(OC)cc3)c2C)cc1. The van der Waals surface area contributed by atoms with Crippen LogP contribution in [-0.4, -0.2) is 28.9 Å². The van der Waals surface area contributed by atoms with E-state index >= 15 is 0 Å². The van der Waals surface area contributed by atoms with Crippen molar-refractivity contribution < 1.29 is 9.47 Å². The Balaban J connectivity index is 1.64. The molecule has 1 aliphatic heterocycles. The number of anilines is 1. The standard InChI is InChI=1S/C28H28N4O2S/c1-18-17-24(19(2)31(18)20-8-12-22(33-3)13-9-20)27-26(25-7-5-6-16-29-25)30-28(35)32(27)21-10-14-23(34-4)15-11-21/h5-17,26-27H,1-4H3,(H,30,35)/t26-,27+/m1/s1. The molecule has 0 saturated carbocycles. The van der Waals surface area contributed by atoms with E-state index in [1.165, 1.54) is 5.56 Å². The molecule has 7 heteroatoms. The van der Waals surface area contributed by atoms with Gasteiger partial charge in [0.25, 0.3) is 0 Å². The molecule has 2 aromatic heterocycles. The minimum Gasteiger partial charge on any atom is -0.497 e. The Labute approximate surface area is 211 Å². The molecule has 1 N–H and O–H groups in total. The zero-order valence-corrected chi connectivity index (χ0v) is 21.0. The van der Waals surface area contributed by atoms with E-state index in [9.17, 15) is 0 Å². The number of rotatable bonds is 6. The molecule has 1 saturated heterocycles. The molecule has 4 aromatic rings. The van der Waals surface area contributed by atoms with Crippen molar-refractivity contribution in [1.82, 2.24) is 14.9 Å². The maximum atomic E-state index is 5.88. The molecule has 0 radical (unpaired) electrons. The zero-order valence-electron chi connectivity index (χ0n) is 20.2. The number of ether oxygens (including phenoxy) is 2. The molecule has 1 aliphatic rings. The first-order chi connectivity index (χ1) is 17.0. The van der Waals surface area contributed by atoms with Gasteiger partial charge in [0.2, 0.25) is 0 Å². The molecule has 0 aliphatic carbocycles. The second kappa shape index (κ2) is 9.43. The van der Waals surface area contributed by atoms with Crippen LogP contribution in [0.2, 0.25) is 0 Å². The molecule has 3 heterocycles. The summed E-state index contributed by atoms with van der Waals surface area (Å²) in [4.78, 5) is 6.86. The second-order valence-corrected chi connectivity index (χ2v) is 8.94. The Morgan fingerprint density at radius 1 is 0.857 bits per heavy atom. The first-order valence-corrected chi connectivity index (χ1v) is 11.9. The highest BCUT2D eigenvalue weighted by Crippen LogP contribution is 2.44. The largest absolute Gasteiger partial charge is 0.497 e. The predicted octanol–water partition coefficient (Wildman–Crippen LogP) is 5.68. The lowest BCUT2D eigenvalue weighted by atomic mass is 9.96. The summed E-state index contributed by atoms with van der Waals surface area (Å²) in [5, 5.41) is 4.22. The number of nitrogens with one attached hydrogen (secondary N) is 1. The Morgan fingerprint density at radius 2 is 1.49 bits per heavy atom. The quantitative estimate of drug-likeness (QED) is 0.355. The van der Waals surface area contributed by atoms with Crippen molar-refractivity contribution in [3.8, 4) is 17.2 Å². The van der Waals surface area contributed by atoms with Crippen LogP contribution in [0, 0.1) is 13.8 Å². The van der Waals surface area contributed by atoms with Crippen molar-refractivity contribution in [3.05, 3.63) is 102 Å². The van der Waals surface area contributed by atoms with Crippen molar-refractivity contribution >= 4 is 23.0 Å². The Kier molecular flexibility index (Phi) is 6.17. The number of aryl methyl sites for hydroxylation is 1. The van der Waals surface area contributed by atoms with Crippen LogP contribution in [0.15, 0.2) is 79.0 Å². The van der Waals surface area contributed by atoms with E-state index in [4.69, 9.17) is 21.7 Å². The van der Waals surface area contributed by atoms with Gasteiger partial charge in [-0.05, 0) is 98.4 Å². The molecule has 6 nitrogen and oxygen atoms in total. The lowest BCUT2D eigenvalue weighted by Gasteiger charge is -2.28. The Morgan fingerprint density at radius 3 is 2.06 bits per heavy atom. The first kappa shape index (κ1) is 22.9. The number of nitrogens with zero attached hydrogens (tertiary/aromatic N) is 3. The average molecular weight is 485 g/mol. The molecule has 0 spiro atoms. The van der Waals surface area contributed by atoms with Gasteiger partial charge < -0.3 is 24.3 Å². The molecular formula is C28H28N4O2S. The van der Waals surface area contributed by atoms with Crippen LogP contribution in [-0.2, 0) is 0 Å². The van der Waals surface area contributed by atoms with E-state index in [2.05, 4.69) is 51.8 Å². The topological polar surface area (TPSA) is 51.5 Å². The van der Waals surface area contributed by atoms with Crippen molar-refractivity contribution in [3.63, 3.8) is 0 Å². The summed E-state index contributed by atoms with van der Waals surface area (Å²) in [6, 6.07) is 24.2. The summed E-state index contributed by atoms with van der Waals surface area (Å²) in [5.41, 5.74) is 6.53. The highest BCUT2D eigenvalue weighted by atomic mass is 32.1. The summed E-state index contributed by atoms with van der Waals surface area (Å²) in [6.45, 7) is 4.30. The van der Waals surface area contributed by atoms with Gasteiger partial charge in [0.05, 0.1) is 32.0 Å². The molecular weight excluding hydrogens is 456 g/mol. The van der Waals surface area contributed by atoms with Gasteiger partial charge in [-0.15, -0.1) is 0 Å². The van der Waals surface area contributed by atoms with E-state index in [0.29, 0.717) is 5.11 Å². The number of hydrogen-bond donors (Lipinski definition) is 1. The fourth-order valence-electron chi connectivity index (χ4n) is 4.91. The molecule has 35 heavy (non-hydrogen) atoms. The maximum Gasteiger partial charge on any atom is 0.174 e. The maximum absolute atomic E-state index is 5.88. The molecule has 178 valence electrons. The zero-order chi connectivity index (χ0) is 24.5. The molecule has 0 bridgehead atoms. The summed E-state index contributed by atoms with van der Waals surface area (Å²) < 4.78 is 13.0. The van der Waals surface area contributed by atoms with Crippen LogP contribution in [0.3, 0.4) is 0 Å². The minimum atomic E-state index is -0.101. The summed E-state index contributed by atoms with van der Waals surface area (Å²) >= 11 is 5.88. The predicted molar refractivity (Wildman–Crippen MR) is 143 cm³/mol. The Bertz CT molecular complexity index is 1330. The van der Waals surface area contributed by atoms with Gasteiger partial charge >= 0.3 is 0 Å². The van der Waals surface area contributed by atoms with E-state index in [1.807, 2.05) is 60.8 Å². The van der Waals surface area contributed by atoms with E-state index in [1.54, 1.807) is 14.2 Å². The lowest BCUT2D eigenvalue weighted by Crippen LogP contribution is -2.29. The van der Waals surface area contributed by atoms with Crippen molar-refractivity contribution in [2.45, 2.75) is 25.9 Å². The van der Waals surface area contributed by atoms with Gasteiger partial charge in [0, 0.05) is 29.0 Å². The van der Waals surface area contributed by atoms with E-state index in [-0.39, 0.29) is 12.1 Å². The van der Waals surface area contributed by atoms with E-state index in [0.717, 1.165) is 40.0 Å². The Hall–Kier alpha value is -3.84. The molecule has 2 atom stereocenters. The van der Waals surface area contributed by atoms with Gasteiger partial charge in [0.1, 0.15) is 11.5 Å². The van der Waals surface area contributed by atoms with Gasteiger partial charge in [-0.1, -0.05) is 6.07 Å². The third kappa shape index (κ3) is 4.12. The van der Waals surface area contributed by atoms with Gasteiger partial charge in [-0.3, -0.25) is 4.98 Å². The lowest BCUT2D eigenvalue weighted by molar-refractivity contribution is 0.414. The van der Waals surface area contributed by atoms with Crippen LogP contribution in [0.5, 0.6) is 11.5 Å². The van der Waals surface area contributed by atoms with Crippen LogP contribution in [0.4, 0.5) is 5.69 Å². The smallest absolute Gasteiger partial charge is 0.174 e. The number of benzene rings is 2. The van der Waals surface area contributed by atoms with Gasteiger partial charge in [-0.25, -0.2) is 0 Å². The van der Waals surface area contributed by atoms with Gasteiger partial charge in [-0.2, -0.15) is 0 Å². The number of hydrogen-bond acceptors (Lipinski definition) is 4. The highest BCUT2D eigenvalue weighted by Gasteiger charge is 2.42. The third-order valence-electron chi connectivity index (χ3n) is 6.57. The summed E-state index contributed by atoms with van der Waals surface area (Å²) in [5.74, 6) is 1.64. The van der Waals surface area contributed by atoms with Gasteiger partial charge in [0.15, 0.2) is 5.11 Å². The van der Waals surface area contributed by atoms with Crippen LogP contribution in [0.1, 0.15) is 34.7 Å². The number of pyridine rings is 1.